The van der Waals surface area contributed by atoms with Gasteiger partial charge in [0.05, 0.1) is 28.3 Å². The number of fused-ring (bicyclic) bond motifs is 1. The molecule has 0 unspecified atom stereocenters. The summed E-state index contributed by atoms with van der Waals surface area (Å²) in [5.41, 5.74) is 2.21. The molecule has 8 heteroatoms. The van der Waals surface area contributed by atoms with Crippen molar-refractivity contribution >= 4 is 28.8 Å². The molecule has 2 aromatic carbocycles. The molecular formula is C18H11N3O4S. The molecule has 2 amide bonds. The highest BCUT2D eigenvalue weighted by atomic mass is 32.1. The number of rotatable bonds is 4. The van der Waals surface area contributed by atoms with Gasteiger partial charge in [-0.05, 0) is 24.3 Å². The van der Waals surface area contributed by atoms with Crippen LogP contribution >= 0.6 is 11.3 Å². The van der Waals surface area contributed by atoms with E-state index in [-0.39, 0.29) is 24.0 Å². The Morgan fingerprint density at radius 2 is 1.62 bits per heavy atom. The highest BCUT2D eigenvalue weighted by Gasteiger charge is 2.35. The molecule has 2 heterocycles. The van der Waals surface area contributed by atoms with Crippen molar-refractivity contribution in [2.24, 2.45) is 0 Å². The lowest BCUT2D eigenvalue weighted by Crippen LogP contribution is -2.29. The van der Waals surface area contributed by atoms with E-state index in [1.165, 1.54) is 28.4 Å². The molecule has 26 heavy (non-hydrogen) atoms. The van der Waals surface area contributed by atoms with Gasteiger partial charge in [-0.1, -0.05) is 12.1 Å². The predicted octanol–water partition coefficient (Wildman–Crippen LogP) is 3.51. The minimum atomic E-state index is -0.460. The van der Waals surface area contributed by atoms with Crippen LogP contribution in [0, 0.1) is 10.1 Å². The second kappa shape index (κ2) is 6.16. The summed E-state index contributed by atoms with van der Waals surface area (Å²) in [5.74, 6) is -0.643. The molecule has 0 atom stereocenters. The predicted molar refractivity (Wildman–Crippen MR) is 94.9 cm³/mol. The van der Waals surface area contributed by atoms with E-state index < -0.39 is 4.92 Å². The minimum Gasteiger partial charge on any atom is -0.269 e. The first-order valence-electron chi connectivity index (χ1n) is 7.69. The Labute approximate surface area is 151 Å². The summed E-state index contributed by atoms with van der Waals surface area (Å²) >= 11 is 1.33. The molecule has 0 N–H and O–H groups in total. The fourth-order valence-corrected chi connectivity index (χ4v) is 3.58. The smallest absolute Gasteiger partial charge is 0.269 e. The number of imide groups is 1. The number of amides is 2. The van der Waals surface area contributed by atoms with Gasteiger partial charge in [-0.2, -0.15) is 0 Å². The van der Waals surface area contributed by atoms with Gasteiger partial charge in [-0.3, -0.25) is 24.6 Å². The zero-order chi connectivity index (χ0) is 18.3. The number of carbonyl (C=O) groups is 2. The van der Waals surface area contributed by atoms with Crippen LogP contribution < -0.4 is 0 Å². The Balaban J connectivity index is 1.55. The van der Waals surface area contributed by atoms with Gasteiger partial charge in [-0.25, -0.2) is 4.98 Å². The number of nitrogens with zero attached hydrogens (tertiary/aromatic N) is 3. The van der Waals surface area contributed by atoms with Gasteiger partial charge in [0.25, 0.3) is 17.5 Å². The molecule has 0 aliphatic carbocycles. The molecule has 3 aromatic rings. The van der Waals surface area contributed by atoms with Gasteiger partial charge in [0.15, 0.2) is 0 Å². The maximum atomic E-state index is 12.4. The number of nitro groups is 1. The number of carbonyl (C=O) groups excluding carboxylic acids is 2. The van der Waals surface area contributed by atoms with Crippen LogP contribution in [-0.4, -0.2) is 26.6 Å². The lowest BCUT2D eigenvalue weighted by molar-refractivity contribution is -0.384. The summed E-state index contributed by atoms with van der Waals surface area (Å²) in [6, 6.07) is 12.8. The first-order valence-corrected chi connectivity index (χ1v) is 8.57. The first kappa shape index (κ1) is 16.1. The molecule has 0 radical (unpaired) electrons. The molecule has 0 bridgehead atoms. The lowest BCUT2D eigenvalue weighted by atomic mass is 10.1. The summed E-state index contributed by atoms with van der Waals surface area (Å²) in [4.78, 5) is 40.7. The van der Waals surface area contributed by atoms with Crippen molar-refractivity contribution in [3.05, 3.63) is 80.2 Å². The Kier molecular flexibility index (Phi) is 3.81. The highest BCUT2D eigenvalue weighted by molar-refractivity contribution is 7.09. The van der Waals surface area contributed by atoms with Crippen LogP contribution in [0.4, 0.5) is 5.69 Å². The summed E-state index contributed by atoms with van der Waals surface area (Å²) in [6.07, 6.45) is 0. The van der Waals surface area contributed by atoms with Crippen LogP contribution in [0.1, 0.15) is 25.7 Å². The lowest BCUT2D eigenvalue weighted by Gasteiger charge is -2.11. The summed E-state index contributed by atoms with van der Waals surface area (Å²) < 4.78 is 0. The van der Waals surface area contributed by atoms with Crippen LogP contribution in [0.25, 0.3) is 11.3 Å². The highest BCUT2D eigenvalue weighted by Crippen LogP contribution is 2.28. The summed E-state index contributed by atoms with van der Waals surface area (Å²) in [6.45, 7) is 0.101. The monoisotopic (exact) mass is 365 g/mol. The number of aromatic nitrogens is 1. The van der Waals surface area contributed by atoms with Crippen molar-refractivity contribution in [1.82, 2.24) is 9.88 Å². The molecule has 1 aliphatic rings. The number of nitro benzene ring substituents is 1. The molecule has 4 rings (SSSR count). The molecule has 0 fully saturated rings. The summed E-state index contributed by atoms with van der Waals surface area (Å²) in [7, 11) is 0. The van der Waals surface area contributed by atoms with Crippen LogP contribution in [0.5, 0.6) is 0 Å². The van der Waals surface area contributed by atoms with Crippen molar-refractivity contribution in [3.8, 4) is 11.3 Å². The van der Waals surface area contributed by atoms with Gasteiger partial charge >= 0.3 is 0 Å². The van der Waals surface area contributed by atoms with E-state index in [4.69, 9.17) is 0 Å². The van der Waals surface area contributed by atoms with Gasteiger partial charge in [0.2, 0.25) is 0 Å². The normalized spacial score (nSPS) is 13.2. The number of benzene rings is 2. The Morgan fingerprint density at radius 1 is 1.00 bits per heavy atom. The average Bonchev–Trinajstić information content (AvgIpc) is 3.22. The molecule has 0 spiro atoms. The molecule has 128 valence electrons. The second-order valence-electron chi connectivity index (χ2n) is 5.67. The van der Waals surface area contributed by atoms with Crippen molar-refractivity contribution in [2.45, 2.75) is 6.54 Å². The third-order valence-corrected chi connectivity index (χ3v) is 4.93. The molecule has 7 nitrogen and oxygen atoms in total. The fourth-order valence-electron chi connectivity index (χ4n) is 2.79. The zero-order valence-corrected chi connectivity index (χ0v) is 14.1. The number of non-ortho nitro benzene ring substituents is 1. The third kappa shape index (κ3) is 2.66. The van der Waals surface area contributed by atoms with Crippen LogP contribution in [0.2, 0.25) is 0 Å². The fraction of sp³-hybridized carbons (Fsp3) is 0.0556. The van der Waals surface area contributed by atoms with Crippen molar-refractivity contribution < 1.29 is 14.5 Å². The average molecular weight is 365 g/mol. The SMILES string of the molecule is O=C1c2ccccc2C(=O)N1Cc1nc(-c2ccc([N+](=O)[O-])cc2)cs1. The van der Waals surface area contributed by atoms with E-state index in [0.717, 1.165) is 5.56 Å². The Hall–Kier alpha value is -3.39. The third-order valence-electron chi connectivity index (χ3n) is 4.10. The summed E-state index contributed by atoms with van der Waals surface area (Å²) in [5, 5.41) is 13.1. The first-order chi connectivity index (χ1) is 12.5. The van der Waals surface area contributed by atoms with E-state index in [9.17, 15) is 19.7 Å². The van der Waals surface area contributed by atoms with Crippen LogP contribution in [0.15, 0.2) is 53.9 Å². The van der Waals surface area contributed by atoms with E-state index in [2.05, 4.69) is 4.98 Å². The number of hydrogen-bond donors (Lipinski definition) is 0. The molecule has 1 aromatic heterocycles. The standard InChI is InChI=1S/C18H11N3O4S/c22-17-13-3-1-2-4-14(13)18(23)20(17)9-16-19-15(10-26-16)11-5-7-12(8-6-11)21(24)25/h1-8,10H,9H2. The van der Waals surface area contributed by atoms with Crippen molar-refractivity contribution in [3.63, 3.8) is 0 Å². The van der Waals surface area contributed by atoms with E-state index in [1.807, 2.05) is 0 Å². The maximum absolute atomic E-state index is 12.4. The van der Waals surface area contributed by atoms with Gasteiger partial charge in [-0.15, -0.1) is 11.3 Å². The molecular weight excluding hydrogens is 354 g/mol. The quantitative estimate of drug-likeness (QED) is 0.401. The Morgan fingerprint density at radius 3 is 2.19 bits per heavy atom. The number of thiazole rings is 1. The molecule has 1 aliphatic heterocycles. The Bertz CT molecular complexity index is 1010. The molecule has 0 saturated carbocycles. The number of hydrogen-bond acceptors (Lipinski definition) is 6. The van der Waals surface area contributed by atoms with E-state index >= 15 is 0 Å². The topological polar surface area (TPSA) is 93.4 Å². The maximum Gasteiger partial charge on any atom is 0.269 e. The largest absolute Gasteiger partial charge is 0.269 e. The van der Waals surface area contributed by atoms with E-state index in [1.54, 1.807) is 41.8 Å². The van der Waals surface area contributed by atoms with Crippen molar-refractivity contribution in [1.29, 1.82) is 0 Å². The van der Waals surface area contributed by atoms with Crippen LogP contribution in [-0.2, 0) is 6.54 Å². The van der Waals surface area contributed by atoms with E-state index in [0.29, 0.717) is 21.8 Å². The molecule has 0 saturated heterocycles. The zero-order valence-electron chi connectivity index (χ0n) is 13.3. The second-order valence-corrected chi connectivity index (χ2v) is 6.62. The van der Waals surface area contributed by atoms with Gasteiger partial charge in [0.1, 0.15) is 5.01 Å². The minimum absolute atomic E-state index is 0.00947. The van der Waals surface area contributed by atoms with Gasteiger partial charge in [0, 0.05) is 23.1 Å². The van der Waals surface area contributed by atoms with Gasteiger partial charge < -0.3 is 0 Å². The van der Waals surface area contributed by atoms with Crippen molar-refractivity contribution in [2.75, 3.05) is 0 Å². The van der Waals surface area contributed by atoms with Crippen LogP contribution in [0.3, 0.4) is 0 Å².